The molecule has 1 N–H and O–H groups in total. The molecule has 0 unspecified atom stereocenters. The van der Waals surface area contributed by atoms with Gasteiger partial charge >= 0.3 is 0 Å². The first-order valence-electron chi connectivity index (χ1n) is 6.67. The largest absolute Gasteiger partial charge is 0.497 e. The van der Waals surface area contributed by atoms with E-state index in [0.717, 1.165) is 11.1 Å². The number of rotatable bonds is 5. The van der Waals surface area contributed by atoms with Gasteiger partial charge in [0.1, 0.15) is 17.9 Å². The minimum atomic E-state index is -0.332. The standard InChI is InChI=1S/C17H16N2O3/c1-21-14-6-7-15(16(11-14)22-2)12-4-3-5-13(10-12)19-17(20)8-9-18/h3-7,10-11H,8H2,1-2H3,(H,19,20). The van der Waals surface area contributed by atoms with Crippen LogP contribution in [0.15, 0.2) is 42.5 Å². The number of nitrogens with zero attached hydrogens (tertiary/aromatic N) is 1. The monoisotopic (exact) mass is 296 g/mol. The quantitative estimate of drug-likeness (QED) is 0.919. The Morgan fingerprint density at radius 2 is 2.00 bits per heavy atom. The Kier molecular flexibility index (Phi) is 4.99. The van der Waals surface area contributed by atoms with E-state index in [1.54, 1.807) is 26.4 Å². The lowest BCUT2D eigenvalue weighted by Gasteiger charge is -2.12. The molecule has 0 heterocycles. The highest BCUT2D eigenvalue weighted by Crippen LogP contribution is 2.34. The van der Waals surface area contributed by atoms with E-state index in [4.69, 9.17) is 14.7 Å². The fraction of sp³-hybridized carbons (Fsp3) is 0.176. The third-order valence-electron chi connectivity index (χ3n) is 3.11. The van der Waals surface area contributed by atoms with E-state index in [0.29, 0.717) is 17.2 Å². The molecule has 1 amide bonds. The maximum absolute atomic E-state index is 11.5. The van der Waals surface area contributed by atoms with Gasteiger partial charge in [0.05, 0.1) is 20.3 Å². The third-order valence-corrected chi connectivity index (χ3v) is 3.11. The summed E-state index contributed by atoms with van der Waals surface area (Å²) in [4.78, 5) is 11.5. The summed E-state index contributed by atoms with van der Waals surface area (Å²) >= 11 is 0. The van der Waals surface area contributed by atoms with Gasteiger partial charge in [0.25, 0.3) is 0 Å². The molecule has 0 aromatic heterocycles. The van der Waals surface area contributed by atoms with Crippen LogP contribution in [0.3, 0.4) is 0 Å². The van der Waals surface area contributed by atoms with Gasteiger partial charge < -0.3 is 14.8 Å². The van der Waals surface area contributed by atoms with Crippen molar-refractivity contribution in [2.24, 2.45) is 0 Å². The Hall–Kier alpha value is -3.00. The van der Waals surface area contributed by atoms with Gasteiger partial charge in [-0.25, -0.2) is 0 Å². The van der Waals surface area contributed by atoms with Crippen LogP contribution in [-0.4, -0.2) is 20.1 Å². The maximum atomic E-state index is 11.5. The predicted molar refractivity (Wildman–Crippen MR) is 83.8 cm³/mol. The molecule has 0 aliphatic carbocycles. The zero-order valence-electron chi connectivity index (χ0n) is 12.4. The number of amides is 1. The number of methoxy groups -OCH3 is 2. The van der Waals surface area contributed by atoms with Crippen molar-refractivity contribution in [2.75, 3.05) is 19.5 Å². The molecule has 0 saturated heterocycles. The van der Waals surface area contributed by atoms with Gasteiger partial charge in [0.15, 0.2) is 0 Å². The van der Waals surface area contributed by atoms with Crippen LogP contribution in [-0.2, 0) is 4.79 Å². The number of ether oxygens (including phenoxy) is 2. The molecule has 112 valence electrons. The highest BCUT2D eigenvalue weighted by atomic mass is 16.5. The number of nitrogens with one attached hydrogen (secondary N) is 1. The topological polar surface area (TPSA) is 71.3 Å². The summed E-state index contributed by atoms with van der Waals surface area (Å²) in [6, 6.07) is 14.7. The lowest BCUT2D eigenvalue weighted by atomic mass is 10.0. The SMILES string of the molecule is COc1ccc(-c2cccc(NC(=O)CC#N)c2)c(OC)c1. The van der Waals surface area contributed by atoms with E-state index in [-0.39, 0.29) is 12.3 Å². The first-order chi connectivity index (χ1) is 10.7. The van der Waals surface area contributed by atoms with Gasteiger partial charge in [0.2, 0.25) is 5.91 Å². The molecule has 0 atom stereocenters. The second-order valence-electron chi connectivity index (χ2n) is 4.53. The smallest absolute Gasteiger partial charge is 0.238 e. The van der Waals surface area contributed by atoms with Gasteiger partial charge in [-0.15, -0.1) is 0 Å². The van der Waals surface area contributed by atoms with Crippen LogP contribution >= 0.6 is 0 Å². The van der Waals surface area contributed by atoms with Crippen LogP contribution in [0.5, 0.6) is 11.5 Å². The summed E-state index contributed by atoms with van der Waals surface area (Å²) in [5, 5.41) is 11.2. The Labute approximate surface area is 129 Å². The van der Waals surface area contributed by atoms with Crippen LogP contribution in [0.1, 0.15) is 6.42 Å². The molecule has 0 aliphatic heterocycles. The molecule has 2 aromatic carbocycles. The van der Waals surface area contributed by atoms with Crippen LogP contribution < -0.4 is 14.8 Å². The zero-order chi connectivity index (χ0) is 15.9. The Morgan fingerprint density at radius 3 is 2.68 bits per heavy atom. The number of benzene rings is 2. The number of nitriles is 1. The number of carbonyl (C=O) groups is 1. The molecular formula is C17H16N2O3. The molecule has 2 aromatic rings. The fourth-order valence-electron chi connectivity index (χ4n) is 2.08. The van der Waals surface area contributed by atoms with Gasteiger partial charge in [-0.3, -0.25) is 4.79 Å². The molecule has 0 aliphatic rings. The van der Waals surface area contributed by atoms with Crippen molar-refractivity contribution >= 4 is 11.6 Å². The van der Waals surface area contributed by atoms with Crippen molar-refractivity contribution in [1.29, 1.82) is 5.26 Å². The molecule has 2 rings (SSSR count). The maximum Gasteiger partial charge on any atom is 0.238 e. The Balaban J connectivity index is 2.33. The Morgan fingerprint density at radius 1 is 1.18 bits per heavy atom. The Bertz CT molecular complexity index is 720. The van der Waals surface area contributed by atoms with Gasteiger partial charge in [-0.2, -0.15) is 5.26 Å². The van der Waals surface area contributed by atoms with Crippen molar-refractivity contribution in [3.05, 3.63) is 42.5 Å². The van der Waals surface area contributed by atoms with Crippen molar-refractivity contribution in [1.82, 2.24) is 0 Å². The van der Waals surface area contributed by atoms with Gasteiger partial charge in [-0.05, 0) is 29.8 Å². The number of hydrogen-bond acceptors (Lipinski definition) is 4. The van der Waals surface area contributed by atoms with Crippen LogP contribution in [0.4, 0.5) is 5.69 Å². The van der Waals surface area contributed by atoms with Crippen LogP contribution in [0.25, 0.3) is 11.1 Å². The van der Waals surface area contributed by atoms with Gasteiger partial charge in [0, 0.05) is 17.3 Å². The van der Waals surface area contributed by atoms with E-state index in [1.807, 2.05) is 36.4 Å². The average Bonchev–Trinajstić information content (AvgIpc) is 2.54. The predicted octanol–water partition coefficient (Wildman–Crippen LogP) is 3.22. The van der Waals surface area contributed by atoms with E-state index in [9.17, 15) is 4.79 Å². The normalized spacial score (nSPS) is 9.68. The molecule has 0 bridgehead atoms. The second-order valence-corrected chi connectivity index (χ2v) is 4.53. The first kappa shape index (κ1) is 15.4. The van der Waals surface area contributed by atoms with Crippen molar-refractivity contribution in [3.8, 4) is 28.7 Å². The highest BCUT2D eigenvalue weighted by Gasteiger charge is 2.09. The number of hydrogen-bond donors (Lipinski definition) is 1. The number of carbonyl (C=O) groups excluding carboxylic acids is 1. The third kappa shape index (κ3) is 3.55. The molecule has 5 heteroatoms. The summed E-state index contributed by atoms with van der Waals surface area (Å²) in [5.74, 6) is 1.06. The van der Waals surface area contributed by atoms with Crippen molar-refractivity contribution in [3.63, 3.8) is 0 Å². The first-order valence-corrected chi connectivity index (χ1v) is 6.67. The van der Waals surface area contributed by atoms with E-state index in [1.165, 1.54) is 0 Å². The van der Waals surface area contributed by atoms with Crippen molar-refractivity contribution < 1.29 is 14.3 Å². The lowest BCUT2D eigenvalue weighted by Crippen LogP contribution is -2.09. The van der Waals surface area contributed by atoms with E-state index < -0.39 is 0 Å². The van der Waals surface area contributed by atoms with Gasteiger partial charge in [-0.1, -0.05) is 12.1 Å². The van der Waals surface area contributed by atoms with Crippen LogP contribution in [0.2, 0.25) is 0 Å². The molecule has 5 nitrogen and oxygen atoms in total. The summed E-state index contributed by atoms with van der Waals surface area (Å²) < 4.78 is 10.6. The summed E-state index contributed by atoms with van der Waals surface area (Å²) in [6.45, 7) is 0. The fourth-order valence-corrected chi connectivity index (χ4v) is 2.08. The summed E-state index contributed by atoms with van der Waals surface area (Å²) in [5.41, 5.74) is 2.42. The van der Waals surface area contributed by atoms with E-state index >= 15 is 0 Å². The zero-order valence-corrected chi connectivity index (χ0v) is 12.4. The van der Waals surface area contributed by atoms with Crippen LogP contribution in [0, 0.1) is 11.3 Å². The summed E-state index contributed by atoms with van der Waals surface area (Å²) in [6.07, 6.45) is -0.171. The second kappa shape index (κ2) is 7.14. The minimum Gasteiger partial charge on any atom is -0.497 e. The molecule has 0 saturated carbocycles. The molecule has 0 fully saturated rings. The molecule has 22 heavy (non-hydrogen) atoms. The van der Waals surface area contributed by atoms with E-state index in [2.05, 4.69) is 5.32 Å². The lowest BCUT2D eigenvalue weighted by molar-refractivity contribution is -0.115. The minimum absolute atomic E-state index is 0.171. The van der Waals surface area contributed by atoms with Crippen molar-refractivity contribution in [2.45, 2.75) is 6.42 Å². The highest BCUT2D eigenvalue weighted by molar-refractivity contribution is 5.92. The summed E-state index contributed by atoms with van der Waals surface area (Å²) in [7, 11) is 3.19. The average molecular weight is 296 g/mol. The molecule has 0 radical (unpaired) electrons. The number of anilines is 1. The molecular weight excluding hydrogens is 280 g/mol. The molecule has 0 spiro atoms.